The summed E-state index contributed by atoms with van der Waals surface area (Å²) in [4.78, 5) is 0. The normalized spacial score (nSPS) is 11.1. The van der Waals surface area contributed by atoms with E-state index in [2.05, 4.69) is 0 Å². The van der Waals surface area contributed by atoms with Crippen LogP contribution in [0.25, 0.3) is 0 Å². The van der Waals surface area contributed by atoms with E-state index in [1.807, 2.05) is 0 Å². The Morgan fingerprint density at radius 3 is 2.62 bits per heavy atom. The average Bonchev–Trinajstić information content (AvgIpc) is 2.09. The summed E-state index contributed by atoms with van der Waals surface area (Å²) in [7, 11) is 1.64. The second kappa shape index (κ2) is 10.3. The van der Waals surface area contributed by atoms with E-state index >= 15 is 0 Å². The zero-order chi connectivity index (χ0) is 9.94. The van der Waals surface area contributed by atoms with Gasteiger partial charge in [0.05, 0.1) is 13.2 Å². The van der Waals surface area contributed by atoms with E-state index in [1.54, 1.807) is 7.11 Å². The molecule has 0 aliphatic carbocycles. The molecule has 0 radical (unpaired) electrons. The van der Waals surface area contributed by atoms with Gasteiger partial charge in [0.2, 0.25) is 0 Å². The smallest absolute Gasteiger partial charge is 0.160 e. The summed E-state index contributed by atoms with van der Waals surface area (Å²) in [6, 6.07) is 0. The molecule has 5 heteroatoms. The standard InChI is InChI=1S/C8H18O4S/c1-11-4-5-12-3-2-6-13-7-8(9)10/h8-10H,2-7H2,1H3. The molecule has 4 nitrogen and oxygen atoms in total. The molecule has 0 aliphatic rings. The SMILES string of the molecule is COCCOCCCSCC(O)O. The Labute approximate surface area is 83.2 Å². The third-order valence-electron chi connectivity index (χ3n) is 1.28. The van der Waals surface area contributed by atoms with E-state index in [0.717, 1.165) is 12.2 Å². The van der Waals surface area contributed by atoms with Crippen molar-refractivity contribution in [1.29, 1.82) is 0 Å². The van der Waals surface area contributed by atoms with E-state index in [9.17, 15) is 0 Å². The molecule has 0 saturated heterocycles. The molecule has 13 heavy (non-hydrogen) atoms. The first-order valence-electron chi connectivity index (χ1n) is 4.28. The highest BCUT2D eigenvalue weighted by Crippen LogP contribution is 2.03. The van der Waals surface area contributed by atoms with Gasteiger partial charge in [0.25, 0.3) is 0 Å². The van der Waals surface area contributed by atoms with Gasteiger partial charge in [0.1, 0.15) is 0 Å². The summed E-state index contributed by atoms with van der Waals surface area (Å²) in [5.74, 6) is 1.27. The van der Waals surface area contributed by atoms with Crippen LogP contribution in [0.3, 0.4) is 0 Å². The monoisotopic (exact) mass is 210 g/mol. The fourth-order valence-corrected chi connectivity index (χ4v) is 1.40. The van der Waals surface area contributed by atoms with Crippen molar-refractivity contribution < 1.29 is 19.7 Å². The molecule has 0 spiro atoms. The number of ether oxygens (including phenoxy) is 2. The summed E-state index contributed by atoms with van der Waals surface area (Å²) in [6.07, 6.45) is -0.263. The quantitative estimate of drug-likeness (QED) is 0.417. The minimum atomic E-state index is -1.19. The lowest BCUT2D eigenvalue weighted by Crippen LogP contribution is -2.08. The number of aliphatic hydroxyl groups excluding tert-OH is 1. The average molecular weight is 210 g/mol. The van der Waals surface area contributed by atoms with Gasteiger partial charge < -0.3 is 19.7 Å². The van der Waals surface area contributed by atoms with Crippen molar-refractivity contribution in [2.45, 2.75) is 12.7 Å². The third kappa shape index (κ3) is 12.2. The van der Waals surface area contributed by atoms with E-state index in [1.165, 1.54) is 11.8 Å². The zero-order valence-electron chi connectivity index (χ0n) is 7.94. The predicted molar refractivity (Wildman–Crippen MR) is 52.9 cm³/mol. The van der Waals surface area contributed by atoms with E-state index in [0.29, 0.717) is 25.6 Å². The Bertz CT molecular complexity index is 100. The van der Waals surface area contributed by atoms with Gasteiger partial charge in [0, 0.05) is 19.5 Å². The predicted octanol–water partition coefficient (Wildman–Crippen LogP) is 0.0834. The van der Waals surface area contributed by atoms with Crippen molar-refractivity contribution in [3.8, 4) is 0 Å². The lowest BCUT2D eigenvalue weighted by Gasteiger charge is -2.04. The first-order valence-corrected chi connectivity index (χ1v) is 5.43. The largest absolute Gasteiger partial charge is 0.382 e. The van der Waals surface area contributed by atoms with E-state index < -0.39 is 6.29 Å². The van der Waals surface area contributed by atoms with Gasteiger partial charge in [-0.1, -0.05) is 0 Å². The van der Waals surface area contributed by atoms with Gasteiger partial charge in [-0.15, -0.1) is 0 Å². The first kappa shape index (κ1) is 13.2. The first-order chi connectivity index (χ1) is 6.27. The number of rotatable bonds is 9. The fraction of sp³-hybridized carbons (Fsp3) is 1.00. The number of hydrogen-bond acceptors (Lipinski definition) is 5. The van der Waals surface area contributed by atoms with Crippen LogP contribution >= 0.6 is 11.8 Å². The topological polar surface area (TPSA) is 58.9 Å². The Hall–Kier alpha value is 0.190. The fourth-order valence-electron chi connectivity index (χ4n) is 0.696. The molecule has 2 N–H and O–H groups in total. The van der Waals surface area contributed by atoms with Crippen molar-refractivity contribution in [2.75, 3.05) is 38.4 Å². The number of hydrogen-bond donors (Lipinski definition) is 2. The third-order valence-corrected chi connectivity index (χ3v) is 2.39. The molecule has 0 amide bonds. The van der Waals surface area contributed by atoms with Gasteiger partial charge in [0.15, 0.2) is 6.29 Å². The Balaban J connectivity index is 2.84. The van der Waals surface area contributed by atoms with E-state index in [-0.39, 0.29) is 0 Å². The van der Waals surface area contributed by atoms with Crippen LogP contribution in [-0.4, -0.2) is 54.9 Å². The highest BCUT2D eigenvalue weighted by molar-refractivity contribution is 7.99. The van der Waals surface area contributed by atoms with Gasteiger partial charge in [-0.3, -0.25) is 0 Å². The molecular formula is C8H18O4S. The number of thioether (sulfide) groups is 1. The molecule has 0 unspecified atom stereocenters. The van der Waals surface area contributed by atoms with Gasteiger partial charge >= 0.3 is 0 Å². The molecule has 0 aliphatic heterocycles. The van der Waals surface area contributed by atoms with Gasteiger partial charge in [-0.2, -0.15) is 11.8 Å². The van der Waals surface area contributed by atoms with Crippen molar-refractivity contribution in [3.63, 3.8) is 0 Å². The second-order valence-corrected chi connectivity index (χ2v) is 3.66. The molecule has 0 heterocycles. The Kier molecular flexibility index (Phi) is 10.4. The van der Waals surface area contributed by atoms with Crippen molar-refractivity contribution in [3.05, 3.63) is 0 Å². The molecular weight excluding hydrogens is 192 g/mol. The molecule has 0 rings (SSSR count). The maximum absolute atomic E-state index is 8.51. The summed E-state index contributed by atoms with van der Waals surface area (Å²) in [5.41, 5.74) is 0. The van der Waals surface area contributed by atoms with Crippen molar-refractivity contribution in [1.82, 2.24) is 0 Å². The van der Waals surface area contributed by atoms with E-state index in [4.69, 9.17) is 19.7 Å². The maximum Gasteiger partial charge on any atom is 0.160 e. The number of methoxy groups -OCH3 is 1. The molecule has 0 saturated carbocycles. The maximum atomic E-state index is 8.51. The summed E-state index contributed by atoms with van der Waals surface area (Å²) in [5, 5.41) is 17.0. The molecule has 0 bridgehead atoms. The summed E-state index contributed by atoms with van der Waals surface area (Å²) in [6.45, 7) is 1.96. The van der Waals surface area contributed by atoms with Crippen molar-refractivity contribution in [2.24, 2.45) is 0 Å². The highest BCUT2D eigenvalue weighted by Gasteiger charge is 1.96. The molecule has 80 valence electrons. The second-order valence-electron chi connectivity index (χ2n) is 2.51. The summed E-state index contributed by atoms with van der Waals surface area (Å²) >= 11 is 1.51. The minimum absolute atomic E-state index is 0.373. The zero-order valence-corrected chi connectivity index (χ0v) is 8.76. The molecule has 0 atom stereocenters. The van der Waals surface area contributed by atoms with Crippen LogP contribution in [0, 0.1) is 0 Å². The lowest BCUT2D eigenvalue weighted by atomic mass is 10.5. The van der Waals surface area contributed by atoms with Crippen LogP contribution in [0.2, 0.25) is 0 Å². The molecule has 0 aromatic carbocycles. The van der Waals surface area contributed by atoms with Crippen molar-refractivity contribution >= 4 is 11.8 Å². The Morgan fingerprint density at radius 2 is 2.00 bits per heavy atom. The Morgan fingerprint density at radius 1 is 1.23 bits per heavy atom. The van der Waals surface area contributed by atoms with Gasteiger partial charge in [-0.25, -0.2) is 0 Å². The molecule has 0 fully saturated rings. The van der Waals surface area contributed by atoms with Crippen LogP contribution in [-0.2, 0) is 9.47 Å². The minimum Gasteiger partial charge on any atom is -0.382 e. The van der Waals surface area contributed by atoms with Crippen LogP contribution in [0.15, 0.2) is 0 Å². The summed E-state index contributed by atoms with van der Waals surface area (Å²) < 4.78 is 10.0. The number of aliphatic hydroxyl groups is 2. The van der Waals surface area contributed by atoms with Crippen LogP contribution in [0.5, 0.6) is 0 Å². The highest BCUT2D eigenvalue weighted by atomic mass is 32.2. The molecule has 0 aromatic heterocycles. The van der Waals surface area contributed by atoms with Gasteiger partial charge in [-0.05, 0) is 12.2 Å². The van der Waals surface area contributed by atoms with Crippen LogP contribution in [0.1, 0.15) is 6.42 Å². The lowest BCUT2D eigenvalue weighted by molar-refractivity contribution is -0.0186. The van der Waals surface area contributed by atoms with Crippen LogP contribution < -0.4 is 0 Å². The van der Waals surface area contributed by atoms with Crippen LogP contribution in [0.4, 0.5) is 0 Å². The molecule has 0 aromatic rings.